The molecule has 0 aliphatic carbocycles. The van der Waals surface area contributed by atoms with Crippen LogP contribution in [-0.2, 0) is 28.7 Å². The number of amides is 2. The van der Waals surface area contributed by atoms with Crippen LogP contribution >= 0.6 is 0 Å². The van der Waals surface area contributed by atoms with Gasteiger partial charge in [0.15, 0.2) is 11.6 Å². The van der Waals surface area contributed by atoms with Crippen LogP contribution in [0.15, 0.2) is 18.3 Å². The summed E-state index contributed by atoms with van der Waals surface area (Å²) in [4.78, 5) is 30.3. The summed E-state index contributed by atoms with van der Waals surface area (Å²) in [5, 5.41) is 2.45. The van der Waals surface area contributed by atoms with Crippen molar-refractivity contribution in [1.29, 1.82) is 0 Å². The van der Waals surface area contributed by atoms with Crippen molar-refractivity contribution in [3.63, 3.8) is 0 Å². The number of carbonyl (C=O) groups is 2. The van der Waals surface area contributed by atoms with E-state index in [1.54, 1.807) is 20.8 Å². The van der Waals surface area contributed by atoms with Gasteiger partial charge in [-0.05, 0) is 45.7 Å². The summed E-state index contributed by atoms with van der Waals surface area (Å²) >= 11 is 0. The minimum Gasteiger partial charge on any atom is -0.444 e. The number of carbonyl (C=O) groups excluding carboxylic acids is 2. The van der Waals surface area contributed by atoms with Crippen molar-refractivity contribution in [2.45, 2.75) is 70.9 Å². The number of benzene rings is 1. The Labute approximate surface area is 203 Å². The van der Waals surface area contributed by atoms with Crippen molar-refractivity contribution in [2.24, 2.45) is 0 Å². The molecule has 1 aliphatic heterocycles. The molecule has 3 rings (SSSR count). The van der Waals surface area contributed by atoms with Crippen molar-refractivity contribution in [3.8, 4) is 0 Å². The van der Waals surface area contributed by atoms with E-state index < -0.39 is 65.6 Å². The number of fused-ring (bicyclic) bond motifs is 1. The van der Waals surface area contributed by atoms with Gasteiger partial charge in [0, 0.05) is 31.6 Å². The zero-order valence-corrected chi connectivity index (χ0v) is 20.0. The summed E-state index contributed by atoms with van der Waals surface area (Å²) < 4.78 is 87.1. The molecule has 2 amide bonds. The lowest BCUT2D eigenvalue weighted by molar-refractivity contribution is -0.148. The van der Waals surface area contributed by atoms with Crippen LogP contribution in [0.2, 0.25) is 0 Å². The zero-order chi connectivity index (χ0) is 27.0. The number of hydrogen-bond acceptors (Lipinski definition) is 4. The Kier molecular flexibility index (Phi) is 7.61. The normalized spacial score (nSPS) is 16.9. The molecule has 1 aliphatic rings. The molecule has 36 heavy (non-hydrogen) atoms. The number of nitrogens with zero attached hydrogens (tertiary/aromatic N) is 3. The summed E-state index contributed by atoms with van der Waals surface area (Å²) in [7, 11) is 0. The predicted molar refractivity (Wildman–Crippen MR) is 115 cm³/mol. The van der Waals surface area contributed by atoms with Gasteiger partial charge >= 0.3 is 12.3 Å². The first-order chi connectivity index (χ1) is 16.6. The Balaban J connectivity index is 1.81. The standard InChI is InChI=1S/C23H26F6N4O3/c1-12-18-11-30-20(23(27,28)29)33(18)6-5-32(12)19(34)9-14(31-21(35)36-22(2,3)4)7-13-8-16(25)17(26)10-15(13)24/h8,10-12,14H,5-7,9H2,1-4H3,(H,31,35)/t12-,14?/m1/s1. The second kappa shape index (κ2) is 10.0. The molecule has 7 nitrogen and oxygen atoms in total. The van der Waals surface area contributed by atoms with Crippen LogP contribution in [0.5, 0.6) is 0 Å². The van der Waals surface area contributed by atoms with Gasteiger partial charge in [0.05, 0.1) is 17.9 Å². The predicted octanol–water partition coefficient (Wildman–Crippen LogP) is 4.75. The lowest BCUT2D eigenvalue weighted by Gasteiger charge is -2.36. The summed E-state index contributed by atoms with van der Waals surface area (Å²) in [6.07, 6.45) is -5.28. The molecule has 0 saturated heterocycles. The van der Waals surface area contributed by atoms with Crippen molar-refractivity contribution < 1.29 is 40.7 Å². The van der Waals surface area contributed by atoms with Gasteiger partial charge in [-0.25, -0.2) is 22.9 Å². The Morgan fingerprint density at radius 2 is 1.75 bits per heavy atom. The van der Waals surface area contributed by atoms with Gasteiger partial charge in [-0.15, -0.1) is 0 Å². The van der Waals surface area contributed by atoms with Crippen molar-refractivity contribution >= 4 is 12.0 Å². The zero-order valence-electron chi connectivity index (χ0n) is 20.0. The number of alkyl carbamates (subject to hydrolysis) is 1. The Hall–Kier alpha value is -3.25. The van der Waals surface area contributed by atoms with Crippen LogP contribution in [0.4, 0.5) is 31.1 Å². The average molecular weight is 520 g/mol. The molecule has 13 heteroatoms. The van der Waals surface area contributed by atoms with Crippen LogP contribution in [0.3, 0.4) is 0 Å². The van der Waals surface area contributed by atoms with E-state index in [9.17, 15) is 35.9 Å². The number of hydrogen-bond donors (Lipinski definition) is 1. The van der Waals surface area contributed by atoms with Gasteiger partial charge in [0.2, 0.25) is 11.7 Å². The lowest BCUT2D eigenvalue weighted by Crippen LogP contribution is -2.46. The second-order valence-corrected chi connectivity index (χ2v) is 9.53. The van der Waals surface area contributed by atoms with Crippen LogP contribution in [0, 0.1) is 17.5 Å². The number of nitrogens with one attached hydrogen (secondary N) is 1. The maximum absolute atomic E-state index is 14.3. The number of ether oxygens (including phenoxy) is 1. The maximum Gasteiger partial charge on any atom is 0.449 e. The highest BCUT2D eigenvalue weighted by Crippen LogP contribution is 2.34. The molecule has 1 aromatic carbocycles. The smallest absolute Gasteiger partial charge is 0.444 e. The number of imidazole rings is 1. The van der Waals surface area contributed by atoms with E-state index in [0.717, 1.165) is 10.8 Å². The number of alkyl halides is 3. The first kappa shape index (κ1) is 27.3. The highest BCUT2D eigenvalue weighted by Gasteiger charge is 2.40. The molecule has 2 atom stereocenters. The SMILES string of the molecule is C[C@@H]1c2cnc(C(F)(F)F)n2CCN1C(=O)CC(Cc1cc(F)c(F)cc1F)NC(=O)OC(C)(C)C. The lowest BCUT2D eigenvalue weighted by atomic mass is 10.0. The minimum absolute atomic E-state index is 0.0644. The fraction of sp³-hybridized carbons (Fsp3) is 0.522. The van der Waals surface area contributed by atoms with Gasteiger partial charge in [0.1, 0.15) is 11.4 Å². The van der Waals surface area contributed by atoms with E-state index >= 15 is 0 Å². The van der Waals surface area contributed by atoms with Crippen LogP contribution in [-0.4, -0.2) is 44.6 Å². The van der Waals surface area contributed by atoms with E-state index in [1.807, 2.05) is 0 Å². The Bertz CT molecular complexity index is 1140. The topological polar surface area (TPSA) is 76.5 Å². The third-order valence-electron chi connectivity index (χ3n) is 5.62. The molecule has 0 fully saturated rings. The monoisotopic (exact) mass is 520 g/mol. The molecule has 0 spiro atoms. The number of aromatic nitrogens is 2. The quantitative estimate of drug-likeness (QED) is 0.456. The van der Waals surface area contributed by atoms with E-state index in [2.05, 4.69) is 10.3 Å². The second-order valence-electron chi connectivity index (χ2n) is 9.53. The van der Waals surface area contributed by atoms with Crippen LogP contribution in [0.25, 0.3) is 0 Å². The van der Waals surface area contributed by atoms with Gasteiger partial charge in [-0.1, -0.05) is 0 Å². The Morgan fingerprint density at radius 3 is 2.36 bits per heavy atom. The molecule has 1 N–H and O–H groups in total. The summed E-state index contributed by atoms with van der Waals surface area (Å²) in [5.74, 6) is -5.36. The molecule has 2 heterocycles. The fourth-order valence-electron chi connectivity index (χ4n) is 4.05. The highest BCUT2D eigenvalue weighted by molar-refractivity contribution is 5.78. The van der Waals surface area contributed by atoms with Crippen LogP contribution < -0.4 is 5.32 Å². The average Bonchev–Trinajstić information content (AvgIpc) is 3.16. The first-order valence-electron chi connectivity index (χ1n) is 11.1. The molecule has 0 radical (unpaired) electrons. The van der Waals surface area contributed by atoms with Gasteiger partial charge in [0.25, 0.3) is 0 Å². The summed E-state index contributed by atoms with van der Waals surface area (Å²) in [6.45, 7) is 6.14. The molecule has 198 valence electrons. The maximum atomic E-state index is 14.3. The van der Waals surface area contributed by atoms with Crippen molar-refractivity contribution in [3.05, 3.63) is 52.9 Å². The fourth-order valence-corrected chi connectivity index (χ4v) is 4.05. The molecular formula is C23H26F6N4O3. The largest absolute Gasteiger partial charge is 0.449 e. The van der Waals surface area contributed by atoms with E-state index in [-0.39, 0.29) is 30.8 Å². The molecule has 2 aromatic rings. The van der Waals surface area contributed by atoms with E-state index in [0.29, 0.717) is 12.1 Å². The van der Waals surface area contributed by atoms with Gasteiger partial charge < -0.3 is 19.5 Å². The third-order valence-corrected chi connectivity index (χ3v) is 5.62. The molecular weight excluding hydrogens is 494 g/mol. The highest BCUT2D eigenvalue weighted by atomic mass is 19.4. The summed E-state index contributed by atoms with van der Waals surface area (Å²) in [6, 6.07) is -0.850. The Morgan fingerprint density at radius 1 is 1.11 bits per heavy atom. The minimum atomic E-state index is -4.65. The van der Waals surface area contributed by atoms with Crippen molar-refractivity contribution in [2.75, 3.05) is 6.54 Å². The number of halogens is 6. The third kappa shape index (κ3) is 6.30. The van der Waals surface area contributed by atoms with E-state index in [4.69, 9.17) is 4.74 Å². The van der Waals surface area contributed by atoms with Gasteiger partial charge in [-0.2, -0.15) is 13.2 Å². The van der Waals surface area contributed by atoms with Gasteiger partial charge in [-0.3, -0.25) is 4.79 Å². The van der Waals surface area contributed by atoms with Crippen LogP contribution in [0.1, 0.15) is 57.2 Å². The van der Waals surface area contributed by atoms with Crippen molar-refractivity contribution in [1.82, 2.24) is 19.8 Å². The molecule has 1 unspecified atom stereocenters. The number of rotatable bonds is 5. The van der Waals surface area contributed by atoms with E-state index in [1.165, 1.54) is 11.8 Å². The summed E-state index contributed by atoms with van der Waals surface area (Å²) in [5.41, 5.74) is -0.977. The molecule has 0 saturated carbocycles. The molecule has 0 bridgehead atoms. The molecule has 1 aromatic heterocycles. The first-order valence-corrected chi connectivity index (χ1v) is 11.1.